The summed E-state index contributed by atoms with van der Waals surface area (Å²) in [6.07, 6.45) is 1.83. The molecule has 0 bridgehead atoms. The molecular formula is C52H33N5O. The molecule has 58 heavy (non-hydrogen) atoms. The first-order chi connectivity index (χ1) is 28.7. The molecule has 0 saturated carbocycles. The van der Waals surface area contributed by atoms with Gasteiger partial charge in [-0.25, -0.2) is 15.0 Å². The smallest absolute Gasteiger partial charge is 0.227 e. The van der Waals surface area contributed by atoms with E-state index in [2.05, 4.69) is 144 Å². The summed E-state index contributed by atoms with van der Waals surface area (Å²) in [5, 5.41) is 3.41. The van der Waals surface area contributed by atoms with Crippen molar-refractivity contribution in [2.24, 2.45) is 0 Å². The Kier molecular flexibility index (Phi) is 8.04. The van der Waals surface area contributed by atoms with Gasteiger partial charge in [0, 0.05) is 50.9 Å². The number of anilines is 3. The summed E-state index contributed by atoms with van der Waals surface area (Å²) < 4.78 is 6.11. The number of nitrogens with zero attached hydrogens (tertiary/aromatic N) is 5. The van der Waals surface area contributed by atoms with Gasteiger partial charge in [-0.05, 0) is 113 Å². The number of hydrogen-bond acceptors (Lipinski definition) is 6. The number of oxazole rings is 1. The average Bonchev–Trinajstić information content (AvgIpc) is 3.74. The highest BCUT2D eigenvalue weighted by molar-refractivity contribution is 5.95. The average molecular weight is 744 g/mol. The minimum atomic E-state index is 0.596. The van der Waals surface area contributed by atoms with Crippen LogP contribution in [0.25, 0.3) is 88.9 Å². The molecule has 0 aliphatic rings. The molecule has 0 spiro atoms. The van der Waals surface area contributed by atoms with E-state index in [0.29, 0.717) is 5.89 Å². The second-order valence-corrected chi connectivity index (χ2v) is 14.3. The standard InChI is InChI=1S/C52H33N5O/c1-2-9-34(10-3-1)44-33-49(55-48-14-8-30-53-51(44)48)36-18-24-41(25-19-36)57(42-26-20-37(21-27-42)52-56-47-13-6-7-15-50(47)58-52)43-28-22-38-31-40(17-16-39(38)32-43)46-29-23-35-11-4-5-12-45(35)54-46/h1-33H. The Morgan fingerprint density at radius 3 is 1.84 bits per heavy atom. The number of fused-ring (bicyclic) bond motifs is 4. The third-order valence-corrected chi connectivity index (χ3v) is 10.7. The van der Waals surface area contributed by atoms with Gasteiger partial charge in [-0.15, -0.1) is 0 Å². The fourth-order valence-electron chi connectivity index (χ4n) is 7.78. The second-order valence-electron chi connectivity index (χ2n) is 14.3. The SMILES string of the molecule is c1ccc(-c2cc(-c3ccc(N(c4ccc(-c5nc6ccccc6o5)cc4)c4ccc5cc(-c6ccc7ccccc7n6)ccc5c4)cc3)nc3cccnc23)cc1. The van der Waals surface area contributed by atoms with Crippen LogP contribution < -0.4 is 4.90 Å². The van der Waals surface area contributed by atoms with Crippen LogP contribution in [0.1, 0.15) is 0 Å². The van der Waals surface area contributed by atoms with Crippen molar-refractivity contribution in [3.63, 3.8) is 0 Å². The number of pyridine rings is 3. The summed E-state index contributed by atoms with van der Waals surface area (Å²) in [6, 6.07) is 67.0. The Morgan fingerprint density at radius 1 is 0.379 bits per heavy atom. The monoisotopic (exact) mass is 743 g/mol. The minimum absolute atomic E-state index is 0.596. The zero-order valence-corrected chi connectivity index (χ0v) is 31.2. The van der Waals surface area contributed by atoms with Gasteiger partial charge in [0.25, 0.3) is 0 Å². The lowest BCUT2D eigenvalue weighted by molar-refractivity contribution is 0.620. The molecule has 0 N–H and O–H groups in total. The maximum absolute atomic E-state index is 6.11. The molecule has 0 saturated heterocycles. The van der Waals surface area contributed by atoms with E-state index in [1.165, 1.54) is 0 Å². The minimum Gasteiger partial charge on any atom is -0.436 e. The molecule has 4 heterocycles. The van der Waals surface area contributed by atoms with Crippen molar-refractivity contribution in [1.29, 1.82) is 0 Å². The number of aromatic nitrogens is 4. The van der Waals surface area contributed by atoms with Crippen molar-refractivity contribution in [2.75, 3.05) is 4.90 Å². The second kappa shape index (κ2) is 14.0. The van der Waals surface area contributed by atoms with Gasteiger partial charge in [-0.2, -0.15) is 0 Å². The van der Waals surface area contributed by atoms with Crippen LogP contribution in [0.5, 0.6) is 0 Å². The van der Waals surface area contributed by atoms with Crippen molar-refractivity contribution in [3.05, 3.63) is 200 Å². The summed E-state index contributed by atoms with van der Waals surface area (Å²) in [5.74, 6) is 0.596. The first kappa shape index (κ1) is 33.4. The van der Waals surface area contributed by atoms with Gasteiger partial charge < -0.3 is 9.32 Å². The van der Waals surface area contributed by atoms with Crippen LogP contribution >= 0.6 is 0 Å². The third-order valence-electron chi connectivity index (χ3n) is 10.7. The number of rotatable bonds is 7. The quantitative estimate of drug-likeness (QED) is 0.162. The molecule has 0 aliphatic heterocycles. The van der Waals surface area contributed by atoms with E-state index < -0.39 is 0 Å². The van der Waals surface area contributed by atoms with Crippen LogP contribution in [-0.4, -0.2) is 19.9 Å². The maximum atomic E-state index is 6.11. The molecule has 0 unspecified atom stereocenters. The Bertz CT molecular complexity index is 3250. The van der Waals surface area contributed by atoms with E-state index in [0.717, 1.165) is 100 Å². The Balaban J connectivity index is 0.988. The third kappa shape index (κ3) is 6.10. The van der Waals surface area contributed by atoms with Gasteiger partial charge in [0.1, 0.15) is 5.52 Å². The molecule has 0 atom stereocenters. The molecule has 0 amide bonds. The summed E-state index contributed by atoms with van der Waals surface area (Å²) >= 11 is 0. The van der Waals surface area contributed by atoms with Gasteiger partial charge in [-0.1, -0.05) is 97.1 Å². The van der Waals surface area contributed by atoms with Crippen molar-refractivity contribution in [3.8, 4) is 45.1 Å². The van der Waals surface area contributed by atoms with Gasteiger partial charge in [-0.3, -0.25) is 4.98 Å². The van der Waals surface area contributed by atoms with Crippen molar-refractivity contribution in [1.82, 2.24) is 19.9 Å². The lowest BCUT2D eigenvalue weighted by atomic mass is 10.0. The van der Waals surface area contributed by atoms with Crippen LogP contribution in [0.15, 0.2) is 205 Å². The van der Waals surface area contributed by atoms with Crippen molar-refractivity contribution < 1.29 is 4.42 Å². The fraction of sp³-hybridized carbons (Fsp3) is 0. The van der Waals surface area contributed by atoms with E-state index in [9.17, 15) is 0 Å². The predicted molar refractivity (Wildman–Crippen MR) is 236 cm³/mol. The highest BCUT2D eigenvalue weighted by atomic mass is 16.3. The van der Waals surface area contributed by atoms with Gasteiger partial charge in [0.05, 0.1) is 27.9 Å². The van der Waals surface area contributed by atoms with Gasteiger partial charge in [0.15, 0.2) is 5.58 Å². The van der Waals surface area contributed by atoms with Crippen LogP contribution in [0.4, 0.5) is 17.1 Å². The van der Waals surface area contributed by atoms with Crippen LogP contribution in [0.3, 0.4) is 0 Å². The highest BCUT2D eigenvalue weighted by Gasteiger charge is 2.17. The normalized spacial score (nSPS) is 11.4. The molecular weight excluding hydrogens is 711 g/mol. The molecule has 6 nitrogen and oxygen atoms in total. The van der Waals surface area contributed by atoms with E-state index in [4.69, 9.17) is 24.4 Å². The van der Waals surface area contributed by atoms with Crippen LogP contribution in [-0.2, 0) is 0 Å². The zero-order chi connectivity index (χ0) is 38.4. The molecule has 4 aromatic heterocycles. The first-order valence-corrected chi connectivity index (χ1v) is 19.3. The Hall–Kier alpha value is -7.96. The Morgan fingerprint density at radius 2 is 1.02 bits per heavy atom. The number of para-hydroxylation sites is 3. The van der Waals surface area contributed by atoms with Crippen LogP contribution in [0, 0.1) is 0 Å². The Labute approximate surface area is 334 Å². The van der Waals surface area contributed by atoms with Gasteiger partial charge in [0.2, 0.25) is 5.89 Å². The molecule has 11 aromatic rings. The molecule has 272 valence electrons. The maximum Gasteiger partial charge on any atom is 0.227 e. The zero-order valence-electron chi connectivity index (χ0n) is 31.2. The topological polar surface area (TPSA) is 67.9 Å². The van der Waals surface area contributed by atoms with Crippen LogP contribution in [0.2, 0.25) is 0 Å². The summed E-state index contributed by atoms with van der Waals surface area (Å²) in [4.78, 5) is 21.7. The van der Waals surface area contributed by atoms with E-state index in [-0.39, 0.29) is 0 Å². The summed E-state index contributed by atoms with van der Waals surface area (Å²) in [5.41, 5.74) is 14.4. The lowest BCUT2D eigenvalue weighted by Crippen LogP contribution is -2.10. The molecule has 0 aliphatic carbocycles. The molecule has 6 heteroatoms. The number of hydrogen-bond donors (Lipinski definition) is 0. The molecule has 0 radical (unpaired) electrons. The molecule has 0 fully saturated rings. The summed E-state index contributed by atoms with van der Waals surface area (Å²) in [6.45, 7) is 0. The summed E-state index contributed by atoms with van der Waals surface area (Å²) in [7, 11) is 0. The van der Waals surface area contributed by atoms with E-state index >= 15 is 0 Å². The highest BCUT2D eigenvalue weighted by Crippen LogP contribution is 2.39. The van der Waals surface area contributed by atoms with Gasteiger partial charge >= 0.3 is 0 Å². The van der Waals surface area contributed by atoms with Crippen molar-refractivity contribution >= 4 is 60.9 Å². The van der Waals surface area contributed by atoms with Crippen molar-refractivity contribution in [2.45, 2.75) is 0 Å². The van der Waals surface area contributed by atoms with E-state index in [1.54, 1.807) is 0 Å². The largest absolute Gasteiger partial charge is 0.436 e. The first-order valence-electron chi connectivity index (χ1n) is 19.3. The predicted octanol–water partition coefficient (Wildman–Crippen LogP) is 13.6. The van der Waals surface area contributed by atoms with E-state index in [1.807, 2.05) is 60.8 Å². The molecule has 7 aromatic carbocycles. The lowest BCUT2D eigenvalue weighted by Gasteiger charge is -2.26. The number of benzene rings is 7. The fourth-order valence-corrected chi connectivity index (χ4v) is 7.78. The molecule has 11 rings (SSSR count).